The molecule has 0 unspecified atom stereocenters. The molecule has 1 aliphatic heterocycles. The first kappa shape index (κ1) is 15.5. The fourth-order valence-electron chi connectivity index (χ4n) is 2.42. The first-order valence-electron chi connectivity index (χ1n) is 7.26. The Morgan fingerprint density at radius 1 is 1.26 bits per heavy atom. The maximum Gasteiger partial charge on any atom is 0.307 e. The Labute approximate surface area is 137 Å². The molecule has 7 nitrogen and oxygen atoms in total. The summed E-state index contributed by atoms with van der Waals surface area (Å²) in [5.74, 6) is 2.04. The van der Waals surface area contributed by atoms with Crippen LogP contribution in [0, 0.1) is 10.1 Å². The monoisotopic (exact) mass is 332 g/mol. The summed E-state index contributed by atoms with van der Waals surface area (Å²) in [7, 11) is 0. The molecular weight excluding hydrogens is 316 g/mol. The molecule has 2 heterocycles. The number of hydrogen-bond donors (Lipinski definition) is 0. The van der Waals surface area contributed by atoms with E-state index in [9.17, 15) is 14.9 Å². The molecule has 8 heteroatoms. The highest BCUT2D eigenvalue weighted by Crippen LogP contribution is 2.15. The Morgan fingerprint density at radius 2 is 1.96 bits per heavy atom. The molecule has 0 atom stereocenters. The number of carbonyl (C=O) groups is 1. The van der Waals surface area contributed by atoms with Gasteiger partial charge in [0.2, 0.25) is 0 Å². The van der Waals surface area contributed by atoms with E-state index in [4.69, 9.17) is 0 Å². The number of thioether (sulfide) groups is 1. The van der Waals surface area contributed by atoms with Crippen molar-refractivity contribution in [2.45, 2.75) is 6.54 Å². The molecule has 3 rings (SSSR count). The van der Waals surface area contributed by atoms with Crippen LogP contribution in [0.15, 0.2) is 36.7 Å². The highest BCUT2D eigenvalue weighted by atomic mass is 32.2. The molecule has 2 aromatic rings. The fourth-order valence-corrected chi connectivity index (χ4v) is 3.33. The summed E-state index contributed by atoms with van der Waals surface area (Å²) >= 11 is 1.87. The zero-order valence-corrected chi connectivity index (χ0v) is 13.2. The van der Waals surface area contributed by atoms with Crippen molar-refractivity contribution in [3.8, 4) is 0 Å². The van der Waals surface area contributed by atoms with Crippen molar-refractivity contribution >= 4 is 23.4 Å². The number of nitro groups is 1. The van der Waals surface area contributed by atoms with E-state index in [1.54, 1.807) is 12.1 Å². The maximum absolute atomic E-state index is 12.4. The van der Waals surface area contributed by atoms with E-state index in [0.29, 0.717) is 12.1 Å². The van der Waals surface area contributed by atoms with Gasteiger partial charge in [-0.25, -0.2) is 0 Å². The number of nitrogens with zero attached hydrogens (tertiary/aromatic N) is 4. The normalized spacial score (nSPS) is 14.7. The van der Waals surface area contributed by atoms with Gasteiger partial charge in [-0.1, -0.05) is 12.1 Å². The molecule has 120 valence electrons. The van der Waals surface area contributed by atoms with Gasteiger partial charge in [0.25, 0.3) is 5.91 Å². The maximum atomic E-state index is 12.4. The highest BCUT2D eigenvalue weighted by Gasteiger charge is 2.18. The smallest absolute Gasteiger partial charge is 0.307 e. The molecule has 1 aromatic carbocycles. The summed E-state index contributed by atoms with van der Waals surface area (Å²) in [4.78, 5) is 24.4. The lowest BCUT2D eigenvalue weighted by Crippen LogP contribution is -2.37. The molecule has 1 saturated heterocycles. The zero-order valence-electron chi connectivity index (χ0n) is 12.4. The van der Waals surface area contributed by atoms with Crippen molar-refractivity contribution in [1.29, 1.82) is 0 Å². The van der Waals surface area contributed by atoms with Gasteiger partial charge in [-0.15, -0.1) is 0 Å². The van der Waals surface area contributed by atoms with E-state index in [0.717, 1.165) is 30.2 Å². The van der Waals surface area contributed by atoms with Gasteiger partial charge in [0.05, 0.1) is 11.5 Å². The summed E-state index contributed by atoms with van der Waals surface area (Å²) in [5.41, 5.74) is 1.58. The first-order chi connectivity index (χ1) is 11.1. The molecule has 0 saturated carbocycles. The minimum absolute atomic E-state index is 0.0280. The highest BCUT2D eigenvalue weighted by molar-refractivity contribution is 7.99. The lowest BCUT2D eigenvalue weighted by Gasteiger charge is -2.26. The second-order valence-corrected chi connectivity index (χ2v) is 6.48. The minimum Gasteiger partial charge on any atom is -0.337 e. The Hall–Kier alpha value is -2.35. The third kappa shape index (κ3) is 3.70. The molecule has 1 amide bonds. The van der Waals surface area contributed by atoms with E-state index in [2.05, 4.69) is 5.10 Å². The van der Waals surface area contributed by atoms with Gasteiger partial charge in [-0.05, 0) is 17.7 Å². The Kier molecular flexibility index (Phi) is 4.61. The summed E-state index contributed by atoms with van der Waals surface area (Å²) in [6.07, 6.45) is 2.62. The molecule has 1 aromatic heterocycles. The van der Waals surface area contributed by atoms with Crippen molar-refractivity contribution in [2.75, 3.05) is 24.6 Å². The van der Waals surface area contributed by atoms with Gasteiger partial charge in [0.1, 0.15) is 12.4 Å². The van der Waals surface area contributed by atoms with Gasteiger partial charge < -0.3 is 4.90 Å². The summed E-state index contributed by atoms with van der Waals surface area (Å²) in [6.45, 7) is 2.02. The lowest BCUT2D eigenvalue weighted by molar-refractivity contribution is -0.385. The van der Waals surface area contributed by atoms with Crippen LogP contribution in [0.1, 0.15) is 15.9 Å². The van der Waals surface area contributed by atoms with Crippen molar-refractivity contribution in [3.05, 3.63) is 57.9 Å². The van der Waals surface area contributed by atoms with Gasteiger partial charge in [0.15, 0.2) is 0 Å². The number of aromatic nitrogens is 2. The molecule has 0 aliphatic carbocycles. The molecule has 1 aliphatic rings. The third-order valence-corrected chi connectivity index (χ3v) is 4.62. The van der Waals surface area contributed by atoms with Gasteiger partial charge in [-0.2, -0.15) is 16.9 Å². The zero-order chi connectivity index (χ0) is 16.2. The Balaban J connectivity index is 1.66. The van der Waals surface area contributed by atoms with Crippen LogP contribution in [0.4, 0.5) is 5.69 Å². The number of carbonyl (C=O) groups excluding carboxylic acids is 1. The van der Waals surface area contributed by atoms with Crippen LogP contribution < -0.4 is 0 Å². The van der Waals surface area contributed by atoms with Crippen LogP contribution in [0.3, 0.4) is 0 Å². The van der Waals surface area contributed by atoms with E-state index in [1.807, 2.05) is 28.8 Å². The van der Waals surface area contributed by atoms with Crippen LogP contribution in [0.25, 0.3) is 0 Å². The van der Waals surface area contributed by atoms with Gasteiger partial charge >= 0.3 is 5.69 Å². The van der Waals surface area contributed by atoms with E-state index >= 15 is 0 Å². The van der Waals surface area contributed by atoms with Crippen LogP contribution in [-0.2, 0) is 6.54 Å². The molecule has 0 N–H and O–H groups in total. The third-order valence-electron chi connectivity index (χ3n) is 3.67. The molecule has 0 bridgehead atoms. The second kappa shape index (κ2) is 6.82. The second-order valence-electron chi connectivity index (χ2n) is 5.25. The number of amides is 1. The van der Waals surface area contributed by atoms with Crippen molar-refractivity contribution in [2.24, 2.45) is 0 Å². The summed E-state index contributed by atoms with van der Waals surface area (Å²) in [5, 5.41) is 14.6. The predicted octanol–water partition coefficient (Wildman–Crippen LogP) is 2.03. The number of benzene rings is 1. The largest absolute Gasteiger partial charge is 0.337 e. The van der Waals surface area contributed by atoms with E-state index < -0.39 is 4.92 Å². The fraction of sp³-hybridized carbons (Fsp3) is 0.333. The van der Waals surface area contributed by atoms with Gasteiger partial charge in [0, 0.05) is 30.2 Å². The molecule has 1 fully saturated rings. The Bertz CT molecular complexity index is 708. The average Bonchev–Trinajstić information content (AvgIpc) is 3.04. The van der Waals surface area contributed by atoms with E-state index in [1.165, 1.54) is 17.1 Å². The Morgan fingerprint density at radius 3 is 2.57 bits per heavy atom. The molecular formula is C15H16N4O3S. The minimum atomic E-state index is -0.470. The van der Waals surface area contributed by atoms with Crippen molar-refractivity contribution in [3.63, 3.8) is 0 Å². The van der Waals surface area contributed by atoms with Crippen molar-refractivity contribution in [1.82, 2.24) is 14.7 Å². The first-order valence-corrected chi connectivity index (χ1v) is 8.42. The number of hydrogen-bond acceptors (Lipinski definition) is 5. The van der Waals surface area contributed by atoms with Crippen molar-refractivity contribution < 1.29 is 9.72 Å². The lowest BCUT2D eigenvalue weighted by atomic mass is 10.1. The van der Waals surface area contributed by atoms with Crippen LogP contribution in [0.2, 0.25) is 0 Å². The van der Waals surface area contributed by atoms with E-state index in [-0.39, 0.29) is 11.6 Å². The molecule has 0 spiro atoms. The molecule has 23 heavy (non-hydrogen) atoms. The quantitative estimate of drug-likeness (QED) is 0.632. The SMILES string of the molecule is O=C(c1ccc(Cn2cc([N+](=O)[O-])cn2)cc1)N1CCSCC1. The standard InChI is InChI=1S/C15H16N4O3S/c20-15(17-5-7-23-8-6-17)13-3-1-12(2-4-13)10-18-11-14(9-16-18)19(21)22/h1-4,9,11H,5-8,10H2. The van der Waals surface area contributed by atoms with Gasteiger partial charge in [-0.3, -0.25) is 19.6 Å². The van der Waals surface area contributed by atoms with Crippen LogP contribution >= 0.6 is 11.8 Å². The number of rotatable bonds is 4. The predicted molar refractivity (Wildman–Crippen MR) is 87.7 cm³/mol. The van der Waals surface area contributed by atoms with Crippen LogP contribution in [-0.4, -0.2) is 50.1 Å². The molecule has 0 radical (unpaired) electrons. The topological polar surface area (TPSA) is 81.3 Å². The average molecular weight is 332 g/mol. The van der Waals surface area contributed by atoms with Crippen LogP contribution in [0.5, 0.6) is 0 Å². The summed E-state index contributed by atoms with van der Waals surface area (Å²) < 4.78 is 1.51. The summed E-state index contributed by atoms with van der Waals surface area (Å²) in [6, 6.07) is 7.33.